The Morgan fingerprint density at radius 1 is 1.05 bits per heavy atom. The number of nitrogens with zero attached hydrogens (tertiary/aromatic N) is 2. The zero-order valence-electron chi connectivity index (χ0n) is 10.8. The van der Waals surface area contributed by atoms with Crippen LogP contribution >= 0.6 is 23.2 Å². The highest BCUT2D eigenvalue weighted by atomic mass is 35.5. The number of rotatable bonds is 3. The van der Waals surface area contributed by atoms with Gasteiger partial charge in [-0.3, -0.25) is 4.98 Å². The molecule has 0 bridgehead atoms. The molecule has 1 aromatic carbocycles. The van der Waals surface area contributed by atoms with Crippen molar-refractivity contribution in [3.63, 3.8) is 0 Å². The van der Waals surface area contributed by atoms with Crippen molar-refractivity contribution in [3.05, 3.63) is 64.3 Å². The number of hydrogen-bond donors (Lipinski definition) is 1. The van der Waals surface area contributed by atoms with Crippen molar-refractivity contribution in [2.24, 2.45) is 0 Å². The maximum absolute atomic E-state index is 14.4. The molecule has 3 nitrogen and oxygen atoms in total. The minimum Gasteiger partial charge on any atom is -0.378 e. The maximum Gasteiger partial charge on any atom is 0.172 e. The molecule has 0 saturated heterocycles. The zero-order valence-corrected chi connectivity index (χ0v) is 12.3. The van der Waals surface area contributed by atoms with Crippen molar-refractivity contribution >= 4 is 39.8 Å². The van der Waals surface area contributed by atoms with E-state index in [9.17, 15) is 4.39 Å². The lowest BCUT2D eigenvalue weighted by Gasteiger charge is -2.09. The molecule has 2 aromatic heterocycles. The van der Waals surface area contributed by atoms with Crippen molar-refractivity contribution in [3.8, 4) is 0 Å². The Kier molecular flexibility index (Phi) is 3.90. The van der Waals surface area contributed by atoms with Crippen LogP contribution in [-0.2, 0) is 6.54 Å². The molecular weight excluding hydrogens is 312 g/mol. The van der Waals surface area contributed by atoms with Crippen LogP contribution in [0.1, 0.15) is 5.56 Å². The molecule has 2 heterocycles. The lowest BCUT2D eigenvalue weighted by atomic mass is 10.2. The number of hydrogen-bond acceptors (Lipinski definition) is 3. The summed E-state index contributed by atoms with van der Waals surface area (Å²) in [5, 5.41) is 4.52. The Morgan fingerprint density at radius 3 is 2.67 bits per heavy atom. The monoisotopic (exact) mass is 321 g/mol. The maximum atomic E-state index is 14.4. The van der Waals surface area contributed by atoms with Gasteiger partial charge in [0, 0.05) is 24.3 Å². The first kappa shape index (κ1) is 14.0. The van der Waals surface area contributed by atoms with E-state index in [0.29, 0.717) is 27.8 Å². The van der Waals surface area contributed by atoms with Crippen LogP contribution in [-0.4, -0.2) is 9.97 Å². The number of halogens is 3. The number of fused-ring (bicyclic) bond motifs is 1. The second-order valence-corrected chi connectivity index (χ2v) is 5.25. The minimum absolute atomic E-state index is 0.252. The second kappa shape index (κ2) is 5.84. The number of aromatic nitrogens is 2. The van der Waals surface area contributed by atoms with E-state index in [1.165, 1.54) is 6.20 Å². The Hall–Kier alpha value is -1.91. The van der Waals surface area contributed by atoms with Gasteiger partial charge in [-0.05, 0) is 29.8 Å². The first-order valence-electron chi connectivity index (χ1n) is 6.22. The van der Waals surface area contributed by atoms with Crippen molar-refractivity contribution in [2.75, 3.05) is 5.32 Å². The summed E-state index contributed by atoms with van der Waals surface area (Å²) >= 11 is 11.7. The quantitative estimate of drug-likeness (QED) is 0.711. The van der Waals surface area contributed by atoms with Gasteiger partial charge in [0.05, 0.1) is 10.7 Å². The molecule has 3 rings (SSSR count). The fourth-order valence-electron chi connectivity index (χ4n) is 2.00. The molecule has 0 fully saturated rings. The van der Waals surface area contributed by atoms with Crippen LogP contribution in [0, 0.1) is 5.82 Å². The normalized spacial score (nSPS) is 10.8. The van der Waals surface area contributed by atoms with Gasteiger partial charge in [-0.2, -0.15) is 0 Å². The number of anilines is 1. The number of pyridine rings is 2. The molecule has 0 aliphatic rings. The summed E-state index contributed by atoms with van der Waals surface area (Å²) in [5.41, 5.74) is 1.52. The Bertz CT molecular complexity index is 791. The third kappa shape index (κ3) is 2.91. The van der Waals surface area contributed by atoms with Gasteiger partial charge in [-0.15, -0.1) is 0 Å². The average molecular weight is 322 g/mol. The van der Waals surface area contributed by atoms with Gasteiger partial charge in [-0.25, -0.2) is 9.37 Å². The topological polar surface area (TPSA) is 37.8 Å². The molecule has 0 amide bonds. The van der Waals surface area contributed by atoms with E-state index in [2.05, 4.69) is 15.3 Å². The SMILES string of the molecule is Fc1c(NCc2ccc(Cl)nc2)ccc2c(Cl)ccnc12. The van der Waals surface area contributed by atoms with Crippen LogP contribution in [0.4, 0.5) is 10.1 Å². The summed E-state index contributed by atoms with van der Waals surface area (Å²) in [4.78, 5) is 8.02. The van der Waals surface area contributed by atoms with E-state index in [1.54, 1.807) is 30.5 Å². The van der Waals surface area contributed by atoms with Gasteiger partial charge in [-0.1, -0.05) is 29.3 Å². The fourth-order valence-corrected chi connectivity index (χ4v) is 2.32. The van der Waals surface area contributed by atoms with Crippen molar-refractivity contribution < 1.29 is 4.39 Å². The van der Waals surface area contributed by atoms with Crippen LogP contribution in [0.15, 0.2) is 42.7 Å². The van der Waals surface area contributed by atoms with Gasteiger partial charge in [0.2, 0.25) is 0 Å². The van der Waals surface area contributed by atoms with Crippen LogP contribution in [0.5, 0.6) is 0 Å². The Morgan fingerprint density at radius 2 is 1.90 bits per heavy atom. The van der Waals surface area contributed by atoms with Crippen LogP contribution < -0.4 is 5.32 Å². The van der Waals surface area contributed by atoms with E-state index in [0.717, 1.165) is 5.56 Å². The second-order valence-electron chi connectivity index (χ2n) is 4.46. The molecule has 0 radical (unpaired) electrons. The molecule has 0 atom stereocenters. The fraction of sp³-hybridized carbons (Fsp3) is 0.0667. The van der Waals surface area contributed by atoms with Crippen molar-refractivity contribution in [1.82, 2.24) is 9.97 Å². The van der Waals surface area contributed by atoms with Gasteiger partial charge < -0.3 is 5.32 Å². The molecular formula is C15H10Cl2FN3. The lowest BCUT2D eigenvalue weighted by Crippen LogP contribution is -2.02. The molecule has 106 valence electrons. The van der Waals surface area contributed by atoms with Crippen molar-refractivity contribution in [1.29, 1.82) is 0 Å². The molecule has 0 saturated carbocycles. The molecule has 0 unspecified atom stereocenters. The van der Waals surface area contributed by atoms with Gasteiger partial charge in [0.15, 0.2) is 5.82 Å². The van der Waals surface area contributed by atoms with E-state index in [4.69, 9.17) is 23.2 Å². The summed E-state index contributed by atoms with van der Waals surface area (Å²) < 4.78 is 14.4. The number of nitrogens with one attached hydrogen (secondary N) is 1. The standard InChI is InChI=1S/C15H10Cl2FN3/c16-11-5-6-19-15-10(11)2-3-12(14(15)18)20-7-9-1-4-13(17)21-8-9/h1-6,8,20H,7H2. The smallest absolute Gasteiger partial charge is 0.172 e. The van der Waals surface area contributed by atoms with E-state index >= 15 is 0 Å². The summed E-state index contributed by atoms with van der Waals surface area (Å²) in [5.74, 6) is -0.420. The largest absolute Gasteiger partial charge is 0.378 e. The highest BCUT2D eigenvalue weighted by molar-refractivity contribution is 6.35. The Balaban J connectivity index is 1.87. The predicted molar refractivity (Wildman–Crippen MR) is 83.3 cm³/mol. The third-order valence-electron chi connectivity index (χ3n) is 3.07. The zero-order chi connectivity index (χ0) is 14.8. The predicted octanol–water partition coefficient (Wildman–Crippen LogP) is 4.69. The molecule has 3 aromatic rings. The minimum atomic E-state index is -0.420. The van der Waals surface area contributed by atoms with Crippen LogP contribution in [0.3, 0.4) is 0 Å². The molecule has 0 aliphatic heterocycles. The third-order valence-corrected chi connectivity index (χ3v) is 3.62. The van der Waals surface area contributed by atoms with Crippen molar-refractivity contribution in [2.45, 2.75) is 6.54 Å². The van der Waals surface area contributed by atoms with E-state index < -0.39 is 5.82 Å². The summed E-state index contributed by atoms with van der Waals surface area (Å²) in [6, 6.07) is 8.55. The average Bonchev–Trinajstić information content (AvgIpc) is 2.49. The summed E-state index contributed by atoms with van der Waals surface area (Å²) in [6.45, 7) is 0.438. The molecule has 1 N–H and O–H groups in total. The highest BCUT2D eigenvalue weighted by Crippen LogP contribution is 2.28. The number of benzene rings is 1. The van der Waals surface area contributed by atoms with Gasteiger partial charge in [0.1, 0.15) is 10.7 Å². The van der Waals surface area contributed by atoms with E-state index in [-0.39, 0.29) is 5.52 Å². The first-order chi connectivity index (χ1) is 10.1. The lowest BCUT2D eigenvalue weighted by molar-refractivity contribution is 0.639. The van der Waals surface area contributed by atoms with Gasteiger partial charge >= 0.3 is 0 Å². The molecule has 6 heteroatoms. The first-order valence-corrected chi connectivity index (χ1v) is 6.98. The molecule has 0 spiro atoms. The summed E-state index contributed by atoms with van der Waals surface area (Å²) in [6.07, 6.45) is 3.13. The van der Waals surface area contributed by atoms with Crippen LogP contribution in [0.2, 0.25) is 10.2 Å². The highest BCUT2D eigenvalue weighted by Gasteiger charge is 2.10. The summed E-state index contributed by atoms with van der Waals surface area (Å²) in [7, 11) is 0. The molecule has 0 aliphatic carbocycles. The van der Waals surface area contributed by atoms with Gasteiger partial charge in [0.25, 0.3) is 0 Å². The Labute approximate surface area is 130 Å². The molecule has 21 heavy (non-hydrogen) atoms. The van der Waals surface area contributed by atoms with E-state index in [1.807, 2.05) is 6.07 Å². The van der Waals surface area contributed by atoms with Crippen LogP contribution in [0.25, 0.3) is 10.9 Å².